The summed E-state index contributed by atoms with van der Waals surface area (Å²) < 4.78 is 65.0. The summed E-state index contributed by atoms with van der Waals surface area (Å²) in [6.07, 6.45) is 11.6. The van der Waals surface area contributed by atoms with Crippen LogP contribution in [0.25, 0.3) is 0 Å². The molecule has 0 radical (unpaired) electrons. The van der Waals surface area contributed by atoms with Gasteiger partial charge in [-0.15, -0.1) is 0 Å². The summed E-state index contributed by atoms with van der Waals surface area (Å²) in [6, 6.07) is 0. The molecule has 1 saturated carbocycles. The molecule has 11 N–H and O–H groups in total. The van der Waals surface area contributed by atoms with Crippen molar-refractivity contribution in [3.05, 3.63) is 0 Å². The lowest BCUT2D eigenvalue weighted by Crippen LogP contribution is -2.69. The number of phosphoric acid groups is 1. The van der Waals surface area contributed by atoms with Crippen LogP contribution in [0.15, 0.2) is 0 Å². The van der Waals surface area contributed by atoms with Crippen LogP contribution in [-0.2, 0) is 61.2 Å². The molecule has 3 rings (SSSR count). The van der Waals surface area contributed by atoms with E-state index in [4.69, 9.17) is 42.2 Å². The third-order valence-corrected chi connectivity index (χ3v) is 20.1. The molecule has 2 saturated heterocycles. The Bertz CT molecular complexity index is 2010. The second-order valence-corrected chi connectivity index (χ2v) is 29.1. The topological polar surface area (TPSA) is 374 Å². The second-order valence-electron chi connectivity index (χ2n) is 27.7. The molecule has 3 fully saturated rings. The number of hydrogen-bond donors (Lipinski definition) is 11. The van der Waals surface area contributed by atoms with Crippen LogP contribution < -0.4 is 0 Å². The Morgan fingerprint density at radius 2 is 0.660 bits per heavy atom. The summed E-state index contributed by atoms with van der Waals surface area (Å²) >= 11 is 0. The largest absolute Gasteiger partial charge is 0.472 e. The van der Waals surface area contributed by atoms with Crippen molar-refractivity contribution >= 4 is 25.7 Å². The first-order chi connectivity index (χ1) is 46.8. The zero-order valence-corrected chi connectivity index (χ0v) is 60.5. The van der Waals surface area contributed by atoms with Gasteiger partial charge < -0.3 is 89.1 Å². The summed E-state index contributed by atoms with van der Waals surface area (Å²) in [5, 5.41) is 110. The zero-order chi connectivity index (χ0) is 71.1. The molecule has 0 aromatic rings. The summed E-state index contributed by atoms with van der Waals surface area (Å²) in [4.78, 5) is 51.0. The van der Waals surface area contributed by atoms with Gasteiger partial charge >= 0.3 is 25.7 Å². The van der Waals surface area contributed by atoms with Crippen LogP contribution in [0.2, 0.25) is 0 Å². The van der Waals surface area contributed by atoms with Crippen molar-refractivity contribution in [2.45, 2.75) is 414 Å². The first-order valence-corrected chi connectivity index (χ1v) is 39.8. The Morgan fingerprint density at radius 1 is 0.361 bits per heavy atom. The van der Waals surface area contributed by atoms with Crippen molar-refractivity contribution in [2.24, 2.45) is 0 Å². The summed E-state index contributed by atoms with van der Waals surface area (Å²) in [5.41, 5.74) is 0. The molecule has 572 valence electrons. The number of aliphatic hydroxyl groups excluding tert-OH is 10. The molecule has 0 bridgehead atoms. The number of aliphatic hydroxyl groups is 10. The average molecular weight is 1420 g/mol. The van der Waals surface area contributed by atoms with Gasteiger partial charge in [0.05, 0.1) is 13.2 Å². The quantitative estimate of drug-likeness (QED) is 0.0117. The highest BCUT2D eigenvalue weighted by Crippen LogP contribution is 2.49. The molecule has 18 unspecified atom stereocenters. The minimum Gasteiger partial charge on any atom is -0.463 e. The molecule has 3 aliphatic rings. The van der Waals surface area contributed by atoms with E-state index in [1.165, 1.54) is 161 Å². The van der Waals surface area contributed by atoms with E-state index in [2.05, 4.69) is 20.8 Å². The highest BCUT2D eigenvalue weighted by molar-refractivity contribution is 7.47. The third kappa shape index (κ3) is 37.8. The number of carbonyl (C=O) groups is 3. The maximum atomic E-state index is 14.3. The molecule has 0 aromatic carbocycles. The summed E-state index contributed by atoms with van der Waals surface area (Å²) in [6.45, 7) is 3.47. The number of carbonyl (C=O) groups excluding carboxylic acids is 3. The van der Waals surface area contributed by atoms with Gasteiger partial charge in [0.1, 0.15) is 98.7 Å². The van der Waals surface area contributed by atoms with E-state index in [-0.39, 0.29) is 19.3 Å². The van der Waals surface area contributed by atoms with Crippen molar-refractivity contribution in [3.63, 3.8) is 0 Å². The van der Waals surface area contributed by atoms with Gasteiger partial charge in [-0.3, -0.25) is 23.4 Å². The van der Waals surface area contributed by atoms with Gasteiger partial charge in [0.25, 0.3) is 0 Å². The van der Waals surface area contributed by atoms with E-state index >= 15 is 0 Å². The Morgan fingerprint density at radius 3 is 1.01 bits per heavy atom. The van der Waals surface area contributed by atoms with Crippen molar-refractivity contribution in [1.29, 1.82) is 0 Å². The van der Waals surface area contributed by atoms with Gasteiger partial charge in [-0.2, -0.15) is 0 Å². The van der Waals surface area contributed by atoms with Crippen LogP contribution in [0.5, 0.6) is 0 Å². The Kier molecular flexibility index (Phi) is 50.2. The first kappa shape index (κ1) is 89.2. The Labute approximate surface area is 580 Å². The SMILES string of the molecule is CCCCCCCCCCCCCCCCCCC(=O)OCC1OC(OC2C(O)C(O)C(O)C(OC3OC(CO)C(O)C(O)C3O)C2OP(=O)(O)OCC(COC(=O)CCCCCCCCCCCCCCC)OC(=O)CCCCCCCCCCCCCCC)C(O)C(O)C1O. The fraction of sp³-hybridized carbons (Fsp3) is 0.958. The predicted octanol–water partition coefficient (Wildman–Crippen LogP) is 10.6. The van der Waals surface area contributed by atoms with Gasteiger partial charge in [-0.25, -0.2) is 4.57 Å². The van der Waals surface area contributed by atoms with Crippen LogP contribution in [0, 0.1) is 0 Å². The van der Waals surface area contributed by atoms with Gasteiger partial charge in [0.2, 0.25) is 0 Å². The fourth-order valence-corrected chi connectivity index (χ4v) is 13.8. The number of hydrogen-bond acceptors (Lipinski definition) is 23. The molecule has 18 atom stereocenters. The number of phosphoric ester groups is 1. The van der Waals surface area contributed by atoms with Crippen LogP contribution in [0.3, 0.4) is 0 Å². The first-order valence-electron chi connectivity index (χ1n) is 38.3. The molecule has 2 aliphatic heterocycles. The maximum Gasteiger partial charge on any atom is 0.472 e. The standard InChI is InChI=1S/C72H135O24P/c1-4-7-10-13-16-19-22-25-26-27-30-32-35-38-41-44-47-57(75)89-52-55-60(78)62(80)67(85)72(93-55)95-69-65(83)63(81)64(82)68(94-71-66(84)61(79)59(77)54(49-73)92-71)70(69)96-97(86,87)90-51-53(91-58(76)48-45-42-39-36-33-29-24-21-18-15-12-9-6-3)50-88-56(74)46-43-40-37-34-31-28-23-20-17-14-11-8-5-2/h53-55,59-73,77-85H,4-52H2,1-3H3,(H,86,87). The lowest BCUT2D eigenvalue weighted by Gasteiger charge is -2.49. The lowest BCUT2D eigenvalue weighted by atomic mass is 9.84. The van der Waals surface area contributed by atoms with E-state index in [0.717, 1.165) is 89.9 Å². The van der Waals surface area contributed by atoms with E-state index in [9.17, 15) is 74.9 Å². The summed E-state index contributed by atoms with van der Waals surface area (Å²) in [7, 11) is -5.69. The minimum absolute atomic E-state index is 0.0334. The van der Waals surface area contributed by atoms with Crippen molar-refractivity contribution in [3.8, 4) is 0 Å². The molecule has 25 heteroatoms. The molecule has 97 heavy (non-hydrogen) atoms. The zero-order valence-electron chi connectivity index (χ0n) is 59.6. The molecule has 24 nitrogen and oxygen atoms in total. The monoisotopic (exact) mass is 1410 g/mol. The van der Waals surface area contributed by atoms with Gasteiger partial charge in [-0.05, 0) is 19.3 Å². The van der Waals surface area contributed by atoms with Crippen molar-refractivity contribution in [2.75, 3.05) is 26.4 Å². The second kappa shape index (κ2) is 54.6. The van der Waals surface area contributed by atoms with Gasteiger partial charge in [-0.1, -0.05) is 271 Å². The van der Waals surface area contributed by atoms with Crippen LogP contribution in [0.1, 0.15) is 310 Å². The molecule has 1 aliphatic carbocycles. The number of unbranched alkanes of at least 4 members (excludes halogenated alkanes) is 39. The van der Waals surface area contributed by atoms with Crippen LogP contribution in [-0.4, -0.2) is 204 Å². The van der Waals surface area contributed by atoms with Crippen LogP contribution in [0.4, 0.5) is 0 Å². The molecule has 0 amide bonds. The smallest absolute Gasteiger partial charge is 0.463 e. The Hall–Kier alpha value is -2.04. The van der Waals surface area contributed by atoms with Gasteiger partial charge in [0, 0.05) is 19.3 Å². The molecule has 2 heterocycles. The highest BCUT2D eigenvalue weighted by atomic mass is 31.2. The third-order valence-electron chi connectivity index (χ3n) is 19.1. The van der Waals surface area contributed by atoms with Crippen LogP contribution >= 0.6 is 7.82 Å². The average Bonchev–Trinajstić information content (AvgIpc) is 0.772. The van der Waals surface area contributed by atoms with E-state index in [1.807, 2.05) is 0 Å². The number of esters is 3. The number of rotatable bonds is 60. The molecular weight excluding hydrogens is 1280 g/mol. The van der Waals surface area contributed by atoms with Gasteiger partial charge in [0.15, 0.2) is 18.7 Å². The molecule has 0 aromatic heterocycles. The van der Waals surface area contributed by atoms with E-state index < -0.39 is 156 Å². The van der Waals surface area contributed by atoms with E-state index in [0.29, 0.717) is 19.3 Å². The summed E-state index contributed by atoms with van der Waals surface area (Å²) in [5.74, 6) is -1.97. The van der Waals surface area contributed by atoms with Crippen molar-refractivity contribution < 1.29 is 117 Å². The minimum atomic E-state index is -5.69. The molecular formula is C72H135O24P. The molecule has 0 spiro atoms. The Balaban J connectivity index is 1.72. The fourth-order valence-electron chi connectivity index (χ4n) is 12.9. The normalized spacial score (nSPS) is 27.7. The lowest BCUT2D eigenvalue weighted by molar-refractivity contribution is -0.360. The number of ether oxygens (including phenoxy) is 7. The van der Waals surface area contributed by atoms with Crippen molar-refractivity contribution in [1.82, 2.24) is 0 Å². The van der Waals surface area contributed by atoms with E-state index in [1.54, 1.807) is 0 Å². The highest BCUT2D eigenvalue weighted by Gasteiger charge is 2.58. The predicted molar refractivity (Wildman–Crippen MR) is 365 cm³/mol. The maximum absolute atomic E-state index is 14.3.